The van der Waals surface area contributed by atoms with Gasteiger partial charge in [-0.1, -0.05) is 0 Å². The Morgan fingerprint density at radius 3 is 2.04 bits per heavy atom. The Hall–Kier alpha value is -2.28. The molecule has 0 aliphatic carbocycles. The van der Waals surface area contributed by atoms with E-state index in [1.54, 1.807) is 32.4 Å². The fourth-order valence-electron chi connectivity index (χ4n) is 3.71. The van der Waals surface area contributed by atoms with E-state index in [2.05, 4.69) is 4.90 Å². The Morgan fingerprint density at radius 2 is 1.54 bits per heavy atom. The maximum atomic E-state index is 12.8. The largest absolute Gasteiger partial charge is 0.493 e. The van der Waals surface area contributed by atoms with Crippen LogP contribution in [0.4, 0.5) is 0 Å². The van der Waals surface area contributed by atoms with Gasteiger partial charge < -0.3 is 19.3 Å². The number of ether oxygens (including phenoxy) is 2. The Labute approximate surface area is 168 Å². The summed E-state index contributed by atoms with van der Waals surface area (Å²) in [4.78, 5) is 31.3. The number of rotatable bonds is 7. The summed E-state index contributed by atoms with van der Waals surface area (Å²) in [5.41, 5.74) is 0.577. The van der Waals surface area contributed by atoms with Gasteiger partial charge in [0.15, 0.2) is 11.5 Å². The van der Waals surface area contributed by atoms with Crippen LogP contribution in [0.15, 0.2) is 18.2 Å². The third-order valence-corrected chi connectivity index (χ3v) is 5.05. The van der Waals surface area contributed by atoms with E-state index in [1.165, 1.54) is 0 Å². The molecule has 0 aromatic heterocycles. The minimum absolute atomic E-state index is 0.0297. The van der Waals surface area contributed by atoms with Crippen molar-refractivity contribution in [3.8, 4) is 11.5 Å². The summed E-state index contributed by atoms with van der Waals surface area (Å²) in [5.74, 6) is 1.25. The van der Waals surface area contributed by atoms with Gasteiger partial charge in [-0.25, -0.2) is 0 Å². The molecule has 1 aliphatic heterocycles. The molecule has 0 radical (unpaired) electrons. The van der Waals surface area contributed by atoms with Crippen molar-refractivity contribution in [1.82, 2.24) is 14.7 Å². The first-order valence-electron chi connectivity index (χ1n) is 9.83. The molecule has 1 aromatic carbocycles. The molecule has 7 nitrogen and oxygen atoms in total. The summed E-state index contributed by atoms with van der Waals surface area (Å²) in [6, 6.07) is 5.57. The summed E-state index contributed by atoms with van der Waals surface area (Å²) in [6.45, 7) is 11.1. The quantitative estimate of drug-likeness (QED) is 0.712. The highest BCUT2D eigenvalue weighted by Crippen LogP contribution is 2.28. The zero-order chi connectivity index (χ0) is 20.8. The van der Waals surface area contributed by atoms with Gasteiger partial charge in [-0.05, 0) is 45.9 Å². The average Bonchev–Trinajstić information content (AvgIpc) is 2.66. The van der Waals surface area contributed by atoms with Gasteiger partial charge in [-0.15, -0.1) is 0 Å². The maximum absolute atomic E-state index is 12.8. The molecule has 0 saturated carbocycles. The molecule has 0 bridgehead atoms. The fourth-order valence-corrected chi connectivity index (χ4v) is 3.71. The van der Waals surface area contributed by atoms with E-state index < -0.39 is 0 Å². The predicted molar refractivity (Wildman–Crippen MR) is 109 cm³/mol. The zero-order valence-corrected chi connectivity index (χ0v) is 17.9. The fraction of sp³-hybridized carbons (Fsp3) is 0.619. The Bertz CT molecular complexity index is 674. The minimum Gasteiger partial charge on any atom is -0.493 e. The van der Waals surface area contributed by atoms with Gasteiger partial charge in [-0.3, -0.25) is 14.5 Å². The molecule has 28 heavy (non-hydrogen) atoms. The van der Waals surface area contributed by atoms with Gasteiger partial charge in [0, 0.05) is 43.8 Å². The lowest BCUT2D eigenvalue weighted by Gasteiger charge is -2.37. The van der Waals surface area contributed by atoms with Crippen molar-refractivity contribution >= 4 is 11.8 Å². The number of carbonyl (C=O) groups excluding carboxylic acids is 2. The van der Waals surface area contributed by atoms with Gasteiger partial charge in [0.05, 0.1) is 20.8 Å². The highest BCUT2D eigenvalue weighted by Gasteiger charge is 2.27. The second-order valence-corrected chi connectivity index (χ2v) is 7.63. The number of amides is 2. The highest BCUT2D eigenvalue weighted by atomic mass is 16.5. The van der Waals surface area contributed by atoms with E-state index in [1.807, 2.05) is 37.5 Å². The molecule has 1 aliphatic rings. The molecule has 7 heteroatoms. The third kappa shape index (κ3) is 5.16. The molecule has 0 unspecified atom stereocenters. The van der Waals surface area contributed by atoms with Gasteiger partial charge in [0.2, 0.25) is 5.91 Å². The Kier molecular flexibility index (Phi) is 7.69. The first-order valence-corrected chi connectivity index (χ1v) is 9.83. The topological polar surface area (TPSA) is 62.3 Å². The number of nitrogens with zero attached hydrogens (tertiary/aromatic N) is 3. The van der Waals surface area contributed by atoms with Crippen LogP contribution in [0.2, 0.25) is 0 Å². The summed E-state index contributed by atoms with van der Waals surface area (Å²) < 4.78 is 10.5. The highest BCUT2D eigenvalue weighted by molar-refractivity contribution is 5.95. The van der Waals surface area contributed by atoms with Crippen LogP contribution in [0.25, 0.3) is 0 Å². The molecular weight excluding hydrogens is 358 g/mol. The van der Waals surface area contributed by atoms with E-state index in [0.717, 1.165) is 0 Å². The van der Waals surface area contributed by atoms with Crippen LogP contribution in [0.5, 0.6) is 11.5 Å². The van der Waals surface area contributed by atoms with Crippen molar-refractivity contribution < 1.29 is 19.1 Å². The Balaban J connectivity index is 1.94. The molecular formula is C21H33N3O4. The smallest absolute Gasteiger partial charge is 0.254 e. The SMILES string of the molecule is COc1ccc(C(=O)N2CCN(CC(=O)N(C(C)C)C(C)C)CC2)cc1OC. The first-order chi connectivity index (χ1) is 13.3. The Morgan fingerprint density at radius 1 is 0.964 bits per heavy atom. The maximum Gasteiger partial charge on any atom is 0.254 e. The molecule has 156 valence electrons. The van der Waals surface area contributed by atoms with Crippen LogP contribution in [0.3, 0.4) is 0 Å². The number of carbonyl (C=O) groups is 2. The predicted octanol–water partition coefficient (Wildman–Crippen LogP) is 2.11. The molecule has 1 heterocycles. The zero-order valence-electron chi connectivity index (χ0n) is 17.9. The van der Waals surface area contributed by atoms with Crippen LogP contribution >= 0.6 is 0 Å². The number of piperazine rings is 1. The molecule has 0 spiro atoms. The molecule has 2 rings (SSSR count). The molecule has 1 aromatic rings. The van der Waals surface area contributed by atoms with Gasteiger partial charge >= 0.3 is 0 Å². The molecule has 0 N–H and O–H groups in total. The van der Waals surface area contributed by atoms with Crippen LogP contribution in [-0.2, 0) is 4.79 Å². The van der Waals surface area contributed by atoms with Gasteiger partial charge in [-0.2, -0.15) is 0 Å². The van der Waals surface area contributed by atoms with Crippen LogP contribution < -0.4 is 9.47 Å². The number of benzene rings is 1. The van der Waals surface area contributed by atoms with Crippen LogP contribution in [-0.4, -0.2) is 85.5 Å². The number of methoxy groups -OCH3 is 2. The van der Waals surface area contributed by atoms with E-state index in [0.29, 0.717) is 49.8 Å². The lowest BCUT2D eigenvalue weighted by molar-refractivity contribution is -0.136. The monoisotopic (exact) mass is 391 g/mol. The van der Waals surface area contributed by atoms with E-state index in [4.69, 9.17) is 9.47 Å². The van der Waals surface area contributed by atoms with Gasteiger partial charge in [0.25, 0.3) is 5.91 Å². The van der Waals surface area contributed by atoms with Crippen molar-refractivity contribution in [3.63, 3.8) is 0 Å². The van der Waals surface area contributed by atoms with Crippen molar-refractivity contribution in [2.75, 3.05) is 46.9 Å². The molecule has 1 fully saturated rings. The summed E-state index contributed by atoms with van der Waals surface area (Å²) in [6.07, 6.45) is 0. The first kappa shape index (κ1) is 22.0. The lowest BCUT2D eigenvalue weighted by atomic mass is 10.1. The average molecular weight is 392 g/mol. The minimum atomic E-state index is -0.0297. The summed E-state index contributed by atoms with van der Waals surface area (Å²) in [5, 5.41) is 0. The molecule has 0 atom stereocenters. The molecule has 2 amide bonds. The van der Waals surface area contributed by atoms with Crippen molar-refractivity contribution in [2.24, 2.45) is 0 Å². The van der Waals surface area contributed by atoms with E-state index >= 15 is 0 Å². The standard InChI is InChI=1S/C21H33N3O4/c1-15(2)24(16(3)4)20(25)14-22-9-11-23(12-10-22)21(26)17-7-8-18(27-5)19(13-17)28-6/h7-8,13,15-16H,9-12,14H2,1-6H3. The van der Waals surface area contributed by atoms with E-state index in [-0.39, 0.29) is 23.9 Å². The van der Waals surface area contributed by atoms with Gasteiger partial charge in [0.1, 0.15) is 0 Å². The lowest BCUT2D eigenvalue weighted by Crippen LogP contribution is -2.53. The third-order valence-electron chi connectivity index (χ3n) is 5.05. The summed E-state index contributed by atoms with van der Waals surface area (Å²) in [7, 11) is 3.12. The van der Waals surface area contributed by atoms with Crippen molar-refractivity contribution in [2.45, 2.75) is 39.8 Å². The number of hydrogen-bond acceptors (Lipinski definition) is 5. The second kappa shape index (κ2) is 9.78. The van der Waals surface area contributed by atoms with E-state index in [9.17, 15) is 9.59 Å². The van der Waals surface area contributed by atoms with Crippen LogP contribution in [0, 0.1) is 0 Å². The van der Waals surface area contributed by atoms with Crippen molar-refractivity contribution in [3.05, 3.63) is 23.8 Å². The second-order valence-electron chi connectivity index (χ2n) is 7.63. The van der Waals surface area contributed by atoms with Crippen LogP contribution in [0.1, 0.15) is 38.1 Å². The summed E-state index contributed by atoms with van der Waals surface area (Å²) >= 11 is 0. The molecule has 1 saturated heterocycles. The number of hydrogen-bond donors (Lipinski definition) is 0. The normalized spacial score (nSPS) is 15.1. The van der Waals surface area contributed by atoms with Crippen molar-refractivity contribution in [1.29, 1.82) is 0 Å².